The molecule has 0 unspecified atom stereocenters. The molecule has 0 amide bonds. The van der Waals surface area contributed by atoms with E-state index in [1.54, 1.807) is 0 Å². The molecule has 3 atom stereocenters. The Labute approximate surface area is 154 Å². The quantitative estimate of drug-likeness (QED) is 0.406. The molecule has 2 rings (SSSR count). The highest BCUT2D eigenvalue weighted by Crippen LogP contribution is 2.27. The predicted octanol–water partition coefficient (Wildman–Crippen LogP) is -0.926. The summed E-state index contributed by atoms with van der Waals surface area (Å²) < 4.78 is 46.7. The summed E-state index contributed by atoms with van der Waals surface area (Å²) in [7, 11) is -3.53. The zero-order valence-corrected chi connectivity index (χ0v) is 16.4. The van der Waals surface area contributed by atoms with Gasteiger partial charge in [-0.3, -0.25) is 8.98 Å². The zero-order chi connectivity index (χ0) is 20.2. The molecule has 2 fully saturated rings. The molecule has 2 aliphatic heterocycles. The molecule has 26 heavy (non-hydrogen) atoms. The summed E-state index contributed by atoms with van der Waals surface area (Å²) in [5.41, 5.74) is 0. The van der Waals surface area contributed by atoms with Gasteiger partial charge in [-0.1, -0.05) is 0 Å². The van der Waals surface area contributed by atoms with Crippen LogP contribution in [0.1, 0.15) is 20.8 Å². The number of aliphatic hydroxyl groups is 2. The van der Waals surface area contributed by atoms with E-state index in [1.165, 1.54) is 0 Å². The Kier molecular flexibility index (Phi) is 13.2. The first-order valence-electron chi connectivity index (χ1n) is 8.29. The Morgan fingerprint density at radius 2 is 1.69 bits per heavy atom. The van der Waals surface area contributed by atoms with Crippen molar-refractivity contribution in [2.45, 2.75) is 45.4 Å². The second-order valence-corrected chi connectivity index (χ2v) is 6.86. The van der Waals surface area contributed by atoms with Crippen LogP contribution in [0.15, 0.2) is 0 Å². The van der Waals surface area contributed by atoms with E-state index in [9.17, 15) is 13.2 Å². The van der Waals surface area contributed by atoms with Crippen molar-refractivity contribution in [1.29, 1.82) is 0 Å². The number of Topliss-reactive ketones (excluding diaryl/α,β-unsaturated/α-hetero) is 1. The summed E-state index contributed by atoms with van der Waals surface area (Å²) in [6.45, 7) is 7.05. The Bertz CT molecular complexity index is 473. The first-order valence-corrected chi connectivity index (χ1v) is 10.1. The van der Waals surface area contributed by atoms with Gasteiger partial charge in [0, 0.05) is 13.2 Å². The van der Waals surface area contributed by atoms with Crippen LogP contribution in [0.4, 0.5) is 0 Å². The van der Waals surface area contributed by atoms with Gasteiger partial charge in [0.15, 0.2) is 12.1 Å². The Balaban J connectivity index is 0.000000444. The molecular formula is C15H30O10S. The lowest BCUT2D eigenvalue weighted by molar-refractivity contribution is -0.125. The summed E-state index contributed by atoms with van der Waals surface area (Å²) in [6, 6.07) is 0. The number of ether oxygens (including phenoxy) is 4. The van der Waals surface area contributed by atoms with Gasteiger partial charge in [0.05, 0.1) is 26.1 Å². The highest BCUT2D eigenvalue weighted by Gasteiger charge is 2.48. The molecule has 2 saturated heterocycles. The molecule has 156 valence electrons. The number of fused-ring (bicyclic) bond motifs is 1. The second kappa shape index (κ2) is 13.5. The predicted molar refractivity (Wildman–Crippen MR) is 91.1 cm³/mol. The fourth-order valence-electron chi connectivity index (χ4n) is 2.14. The van der Waals surface area contributed by atoms with E-state index in [1.807, 2.05) is 20.8 Å². The molecule has 2 N–H and O–H groups in total. The van der Waals surface area contributed by atoms with Gasteiger partial charge in [-0.05, 0) is 20.8 Å². The van der Waals surface area contributed by atoms with Gasteiger partial charge < -0.3 is 29.2 Å². The molecule has 11 heteroatoms. The van der Waals surface area contributed by atoms with Crippen LogP contribution >= 0.6 is 0 Å². The number of hydrogen-bond acceptors (Lipinski definition) is 10. The van der Waals surface area contributed by atoms with Gasteiger partial charge in [-0.25, -0.2) is 0 Å². The van der Waals surface area contributed by atoms with Gasteiger partial charge >= 0.3 is 0 Å². The van der Waals surface area contributed by atoms with Crippen molar-refractivity contribution < 1.29 is 46.6 Å². The lowest BCUT2D eigenvalue weighted by atomic mass is 10.1. The minimum Gasteiger partial charge on any atom is -0.394 e. The number of aliphatic hydroxyl groups excluding tert-OH is 2. The number of hydrogen-bond donors (Lipinski definition) is 2. The van der Waals surface area contributed by atoms with Crippen LogP contribution in [0, 0.1) is 0 Å². The average molecular weight is 402 g/mol. The molecule has 0 spiro atoms. The third-order valence-corrected chi connectivity index (χ3v) is 3.64. The van der Waals surface area contributed by atoms with Crippen molar-refractivity contribution in [3.8, 4) is 0 Å². The molecule has 0 radical (unpaired) electrons. The minimum absolute atomic E-state index is 0.0288. The summed E-state index contributed by atoms with van der Waals surface area (Å²) in [4.78, 5) is 11.1. The van der Waals surface area contributed by atoms with Crippen LogP contribution in [-0.4, -0.2) is 94.9 Å². The standard InChI is InChI=1S/C7H10O6S.C6H14O2.C2H6O2/c1-14(9,10)13-5-3-12-6-4(8)2-11-7(5)6;1-4-7-6(3)8-5-2;3-1-2-4/h5-7H,2-3H2,1H3;6H,4-5H2,1-3H3;3-4H,1-2H2/t5-,6-,7-;;/m1../s1. The maximum absolute atomic E-state index is 11.1. The van der Waals surface area contributed by atoms with Crippen molar-refractivity contribution in [2.75, 3.05) is 45.9 Å². The lowest BCUT2D eigenvalue weighted by Gasteiger charge is -2.13. The Morgan fingerprint density at radius 3 is 2.12 bits per heavy atom. The lowest BCUT2D eigenvalue weighted by Crippen LogP contribution is -2.32. The molecule has 0 aliphatic carbocycles. The molecule has 0 saturated carbocycles. The fourth-order valence-corrected chi connectivity index (χ4v) is 2.75. The Morgan fingerprint density at radius 1 is 1.15 bits per heavy atom. The molecule has 0 aromatic carbocycles. The van der Waals surface area contributed by atoms with Gasteiger partial charge in [-0.2, -0.15) is 8.42 Å². The van der Waals surface area contributed by atoms with Crippen molar-refractivity contribution >= 4 is 15.9 Å². The number of carbonyl (C=O) groups is 1. The number of carbonyl (C=O) groups excluding carboxylic acids is 1. The molecule has 2 heterocycles. The van der Waals surface area contributed by atoms with Crippen molar-refractivity contribution in [1.82, 2.24) is 0 Å². The summed E-state index contributed by atoms with van der Waals surface area (Å²) in [6.07, 6.45) is -0.998. The van der Waals surface area contributed by atoms with Crippen LogP contribution in [0.2, 0.25) is 0 Å². The molecular weight excluding hydrogens is 372 g/mol. The SMILES string of the molecule is CCOC(C)OCC.CS(=O)(=O)O[C@@H]1CO[C@@H]2C(=O)CO[C@@H]21.OCCO. The first kappa shape index (κ1) is 25.3. The van der Waals surface area contributed by atoms with E-state index in [0.29, 0.717) is 0 Å². The molecule has 0 aromatic rings. The topological polar surface area (TPSA) is 138 Å². The molecule has 0 bridgehead atoms. The molecule has 0 aromatic heterocycles. The normalized spacial score (nSPS) is 24.6. The highest BCUT2D eigenvalue weighted by atomic mass is 32.2. The first-order chi connectivity index (χ1) is 12.2. The maximum Gasteiger partial charge on any atom is 0.264 e. The van der Waals surface area contributed by atoms with Gasteiger partial charge in [-0.15, -0.1) is 0 Å². The van der Waals surface area contributed by atoms with Crippen LogP contribution < -0.4 is 0 Å². The number of rotatable bonds is 7. The largest absolute Gasteiger partial charge is 0.394 e. The smallest absolute Gasteiger partial charge is 0.264 e. The monoisotopic (exact) mass is 402 g/mol. The summed E-state index contributed by atoms with van der Waals surface area (Å²) in [5.74, 6) is -0.158. The van der Waals surface area contributed by atoms with Crippen LogP contribution in [0.3, 0.4) is 0 Å². The van der Waals surface area contributed by atoms with Crippen LogP contribution in [0.5, 0.6) is 0 Å². The third-order valence-electron chi connectivity index (χ3n) is 3.04. The van der Waals surface area contributed by atoms with Gasteiger partial charge in [0.1, 0.15) is 24.9 Å². The molecule has 10 nitrogen and oxygen atoms in total. The number of ketones is 1. The van der Waals surface area contributed by atoms with Crippen LogP contribution in [-0.2, 0) is 38.0 Å². The van der Waals surface area contributed by atoms with E-state index in [0.717, 1.165) is 19.5 Å². The van der Waals surface area contributed by atoms with E-state index in [4.69, 9.17) is 33.3 Å². The van der Waals surface area contributed by atoms with Crippen molar-refractivity contribution in [2.24, 2.45) is 0 Å². The third kappa shape index (κ3) is 10.5. The van der Waals surface area contributed by atoms with E-state index in [2.05, 4.69) is 0 Å². The van der Waals surface area contributed by atoms with Gasteiger partial charge in [0.25, 0.3) is 10.1 Å². The van der Waals surface area contributed by atoms with E-state index >= 15 is 0 Å². The van der Waals surface area contributed by atoms with E-state index in [-0.39, 0.29) is 38.5 Å². The second-order valence-electron chi connectivity index (χ2n) is 5.26. The Hall–Kier alpha value is -0.660. The van der Waals surface area contributed by atoms with E-state index < -0.39 is 28.4 Å². The summed E-state index contributed by atoms with van der Waals surface area (Å²) >= 11 is 0. The highest BCUT2D eigenvalue weighted by molar-refractivity contribution is 7.86. The summed E-state index contributed by atoms with van der Waals surface area (Å²) in [5, 5.41) is 15.2. The average Bonchev–Trinajstić information content (AvgIpc) is 3.11. The molecule has 2 aliphatic rings. The minimum atomic E-state index is -3.53. The maximum atomic E-state index is 11.1. The van der Waals surface area contributed by atoms with Crippen LogP contribution in [0.25, 0.3) is 0 Å². The van der Waals surface area contributed by atoms with Crippen molar-refractivity contribution in [3.05, 3.63) is 0 Å². The fraction of sp³-hybridized carbons (Fsp3) is 0.933. The zero-order valence-electron chi connectivity index (χ0n) is 15.6. The van der Waals surface area contributed by atoms with Gasteiger partial charge in [0.2, 0.25) is 0 Å². The van der Waals surface area contributed by atoms with Crippen molar-refractivity contribution in [3.63, 3.8) is 0 Å².